The monoisotopic (exact) mass is 286 g/mol. The fraction of sp³-hybridized carbons (Fsp3) is 0.294. The van der Waals surface area contributed by atoms with Gasteiger partial charge in [-0.05, 0) is 54.0 Å². The van der Waals surface area contributed by atoms with Gasteiger partial charge in [0.05, 0.1) is 0 Å². The average Bonchev–Trinajstić information content (AvgIpc) is 3.25. The molecule has 2 aromatic rings. The highest BCUT2D eigenvalue weighted by atomic mass is 35.5. The van der Waals surface area contributed by atoms with Gasteiger partial charge >= 0.3 is 0 Å². The SMILES string of the molecule is Cc1ccc(Cl)cc1C(NN)C1CC1c1ccccc1. The number of halogens is 1. The first-order chi connectivity index (χ1) is 9.70. The Morgan fingerprint density at radius 2 is 1.95 bits per heavy atom. The van der Waals surface area contributed by atoms with Crippen molar-refractivity contribution < 1.29 is 0 Å². The van der Waals surface area contributed by atoms with E-state index in [1.165, 1.54) is 23.1 Å². The minimum atomic E-state index is 0.166. The summed E-state index contributed by atoms with van der Waals surface area (Å²) in [6.07, 6.45) is 1.17. The van der Waals surface area contributed by atoms with Crippen LogP contribution in [0.25, 0.3) is 0 Å². The van der Waals surface area contributed by atoms with Crippen LogP contribution in [0, 0.1) is 12.8 Å². The van der Waals surface area contributed by atoms with Crippen molar-refractivity contribution in [1.29, 1.82) is 0 Å². The lowest BCUT2D eigenvalue weighted by molar-refractivity contribution is 0.485. The second-order valence-electron chi connectivity index (χ2n) is 5.56. The Morgan fingerprint density at radius 3 is 2.65 bits per heavy atom. The van der Waals surface area contributed by atoms with Crippen LogP contribution in [0.5, 0.6) is 0 Å². The molecule has 1 fully saturated rings. The largest absolute Gasteiger partial charge is 0.271 e. The standard InChI is InChI=1S/C17H19ClN2/c1-11-7-8-13(18)9-14(11)17(20-19)16-10-15(16)12-5-3-2-4-6-12/h2-9,15-17,20H,10,19H2,1H3. The molecule has 104 valence electrons. The van der Waals surface area contributed by atoms with Crippen molar-refractivity contribution >= 4 is 11.6 Å². The number of hydrogen-bond acceptors (Lipinski definition) is 2. The predicted molar refractivity (Wildman–Crippen MR) is 83.5 cm³/mol. The van der Waals surface area contributed by atoms with Crippen molar-refractivity contribution in [2.45, 2.75) is 25.3 Å². The van der Waals surface area contributed by atoms with E-state index < -0.39 is 0 Å². The smallest absolute Gasteiger partial charge is 0.0497 e. The topological polar surface area (TPSA) is 38.0 Å². The first-order valence-electron chi connectivity index (χ1n) is 6.98. The molecule has 0 spiro atoms. The summed E-state index contributed by atoms with van der Waals surface area (Å²) in [7, 11) is 0. The molecule has 3 unspecified atom stereocenters. The molecule has 20 heavy (non-hydrogen) atoms. The van der Waals surface area contributed by atoms with Crippen molar-refractivity contribution in [3.05, 3.63) is 70.2 Å². The molecule has 3 heteroatoms. The number of hydrazine groups is 1. The summed E-state index contributed by atoms with van der Waals surface area (Å²) in [6.45, 7) is 2.11. The summed E-state index contributed by atoms with van der Waals surface area (Å²) >= 11 is 6.13. The van der Waals surface area contributed by atoms with Gasteiger partial charge in [-0.15, -0.1) is 0 Å². The average molecular weight is 287 g/mol. The molecule has 0 bridgehead atoms. The molecule has 1 aliphatic carbocycles. The fourth-order valence-corrected chi connectivity index (χ4v) is 3.24. The Hall–Kier alpha value is -1.35. The minimum absolute atomic E-state index is 0.166. The number of aryl methyl sites for hydroxylation is 1. The zero-order chi connectivity index (χ0) is 14.1. The molecule has 1 saturated carbocycles. The van der Waals surface area contributed by atoms with Crippen LogP contribution in [0.15, 0.2) is 48.5 Å². The normalized spacial score (nSPS) is 22.6. The maximum absolute atomic E-state index is 6.13. The summed E-state index contributed by atoms with van der Waals surface area (Å²) in [6, 6.07) is 16.8. The highest BCUT2D eigenvalue weighted by Gasteiger charge is 2.44. The second-order valence-corrected chi connectivity index (χ2v) is 6.00. The molecular formula is C17H19ClN2. The number of hydrogen-bond donors (Lipinski definition) is 2. The Kier molecular flexibility index (Phi) is 3.79. The van der Waals surface area contributed by atoms with Gasteiger partial charge in [-0.2, -0.15) is 0 Å². The molecule has 0 aromatic heterocycles. The third kappa shape index (κ3) is 2.59. The van der Waals surface area contributed by atoms with Crippen molar-refractivity contribution in [3.8, 4) is 0 Å². The lowest BCUT2D eigenvalue weighted by Crippen LogP contribution is -2.30. The van der Waals surface area contributed by atoms with E-state index in [1.807, 2.05) is 12.1 Å². The van der Waals surface area contributed by atoms with E-state index >= 15 is 0 Å². The van der Waals surface area contributed by atoms with E-state index in [0.29, 0.717) is 11.8 Å². The summed E-state index contributed by atoms with van der Waals surface area (Å²) < 4.78 is 0. The van der Waals surface area contributed by atoms with Crippen molar-refractivity contribution in [3.63, 3.8) is 0 Å². The van der Waals surface area contributed by atoms with Crippen LogP contribution >= 0.6 is 11.6 Å². The summed E-state index contributed by atoms with van der Waals surface area (Å²) in [4.78, 5) is 0. The highest BCUT2D eigenvalue weighted by Crippen LogP contribution is 2.54. The summed E-state index contributed by atoms with van der Waals surface area (Å²) in [5.41, 5.74) is 6.83. The molecule has 0 aliphatic heterocycles. The molecule has 0 heterocycles. The molecule has 0 amide bonds. The van der Waals surface area contributed by atoms with E-state index in [2.05, 4.69) is 48.7 Å². The lowest BCUT2D eigenvalue weighted by Gasteiger charge is -2.19. The predicted octanol–water partition coefficient (Wildman–Crippen LogP) is 3.96. The van der Waals surface area contributed by atoms with Crippen LogP contribution in [0.4, 0.5) is 0 Å². The Morgan fingerprint density at radius 1 is 1.20 bits per heavy atom. The van der Waals surface area contributed by atoms with Crippen LogP contribution in [-0.4, -0.2) is 0 Å². The maximum Gasteiger partial charge on any atom is 0.0497 e. The molecule has 1 aliphatic rings. The zero-order valence-electron chi connectivity index (χ0n) is 11.5. The van der Waals surface area contributed by atoms with Gasteiger partial charge in [0.25, 0.3) is 0 Å². The second kappa shape index (κ2) is 5.57. The van der Waals surface area contributed by atoms with Crippen molar-refractivity contribution in [2.24, 2.45) is 11.8 Å². The number of rotatable bonds is 4. The van der Waals surface area contributed by atoms with E-state index in [4.69, 9.17) is 17.4 Å². The number of nitrogens with two attached hydrogens (primary N) is 1. The number of benzene rings is 2. The number of nitrogens with one attached hydrogen (secondary N) is 1. The highest BCUT2D eigenvalue weighted by molar-refractivity contribution is 6.30. The van der Waals surface area contributed by atoms with Crippen LogP contribution in [0.2, 0.25) is 5.02 Å². The molecular weight excluding hydrogens is 268 g/mol. The summed E-state index contributed by atoms with van der Waals surface area (Å²) in [5, 5.41) is 0.766. The van der Waals surface area contributed by atoms with E-state index in [9.17, 15) is 0 Å². The molecule has 3 rings (SSSR count). The molecule has 0 saturated heterocycles. The molecule has 2 aromatic carbocycles. The van der Waals surface area contributed by atoms with E-state index in [-0.39, 0.29) is 6.04 Å². The Labute approximate surface area is 124 Å². The fourth-order valence-electron chi connectivity index (χ4n) is 3.06. The first-order valence-corrected chi connectivity index (χ1v) is 7.35. The van der Waals surface area contributed by atoms with Crippen LogP contribution in [0.3, 0.4) is 0 Å². The maximum atomic E-state index is 6.13. The lowest BCUT2D eigenvalue weighted by atomic mass is 9.96. The third-order valence-electron chi connectivity index (χ3n) is 4.25. The van der Waals surface area contributed by atoms with Crippen molar-refractivity contribution in [2.75, 3.05) is 0 Å². The van der Waals surface area contributed by atoms with Gasteiger partial charge in [-0.25, -0.2) is 0 Å². The quantitative estimate of drug-likeness (QED) is 0.659. The van der Waals surface area contributed by atoms with Crippen LogP contribution in [-0.2, 0) is 0 Å². The van der Waals surface area contributed by atoms with E-state index in [0.717, 1.165) is 5.02 Å². The van der Waals surface area contributed by atoms with Gasteiger partial charge in [-0.1, -0.05) is 48.0 Å². The molecule has 0 radical (unpaired) electrons. The van der Waals surface area contributed by atoms with Gasteiger partial charge in [0, 0.05) is 11.1 Å². The Bertz CT molecular complexity index is 597. The zero-order valence-corrected chi connectivity index (χ0v) is 12.3. The van der Waals surface area contributed by atoms with Gasteiger partial charge in [0.2, 0.25) is 0 Å². The van der Waals surface area contributed by atoms with Gasteiger partial charge < -0.3 is 0 Å². The molecule has 2 nitrogen and oxygen atoms in total. The Balaban J connectivity index is 1.84. The van der Waals surface area contributed by atoms with Crippen LogP contribution in [0.1, 0.15) is 35.1 Å². The van der Waals surface area contributed by atoms with Gasteiger partial charge in [0.1, 0.15) is 0 Å². The van der Waals surface area contributed by atoms with Crippen LogP contribution < -0.4 is 11.3 Å². The van der Waals surface area contributed by atoms with Gasteiger partial charge in [0.15, 0.2) is 0 Å². The third-order valence-corrected chi connectivity index (χ3v) is 4.49. The molecule has 3 N–H and O–H groups in total. The molecule has 3 atom stereocenters. The van der Waals surface area contributed by atoms with Gasteiger partial charge in [-0.3, -0.25) is 11.3 Å². The van der Waals surface area contributed by atoms with Crippen molar-refractivity contribution in [1.82, 2.24) is 5.43 Å². The minimum Gasteiger partial charge on any atom is -0.271 e. The summed E-state index contributed by atoms with van der Waals surface area (Å²) in [5.74, 6) is 6.95. The van der Waals surface area contributed by atoms with E-state index in [1.54, 1.807) is 0 Å². The first kappa shape index (κ1) is 13.6.